The molecule has 3 aromatic rings. The number of anilines is 2. The van der Waals surface area contributed by atoms with Crippen molar-refractivity contribution in [2.75, 3.05) is 18.4 Å². The lowest BCUT2D eigenvalue weighted by Gasteiger charge is -2.38. The van der Waals surface area contributed by atoms with E-state index in [1.807, 2.05) is 23.6 Å². The first-order valence-electron chi connectivity index (χ1n) is 10.8. The van der Waals surface area contributed by atoms with Gasteiger partial charge in [0, 0.05) is 36.8 Å². The van der Waals surface area contributed by atoms with Gasteiger partial charge in [-0.05, 0) is 37.1 Å². The van der Waals surface area contributed by atoms with Crippen LogP contribution in [0.3, 0.4) is 0 Å². The van der Waals surface area contributed by atoms with Crippen molar-refractivity contribution in [2.24, 2.45) is 0 Å². The van der Waals surface area contributed by atoms with Gasteiger partial charge < -0.3 is 20.4 Å². The van der Waals surface area contributed by atoms with E-state index in [9.17, 15) is 27.5 Å². The number of thiazole rings is 1. The van der Waals surface area contributed by atoms with Crippen molar-refractivity contribution in [3.63, 3.8) is 0 Å². The average molecular weight is 561 g/mol. The lowest BCUT2D eigenvalue weighted by Crippen LogP contribution is -2.48. The highest BCUT2D eigenvalue weighted by molar-refractivity contribution is 7.13. The Bertz CT molecular complexity index is 1240. The van der Waals surface area contributed by atoms with Gasteiger partial charge in [-0.2, -0.15) is 13.2 Å². The summed E-state index contributed by atoms with van der Waals surface area (Å²) in [7, 11) is 0. The number of hydrogen-bond donors (Lipinski definition) is 3. The molecule has 1 saturated heterocycles. The minimum Gasteiger partial charge on any atom is -0.475 e. The fraction of sp³-hybridized carbons (Fsp3) is 0.304. The Morgan fingerprint density at radius 3 is 2.41 bits per heavy atom. The smallest absolute Gasteiger partial charge is 0.475 e. The molecule has 1 fully saturated rings. The molecule has 0 atom stereocenters. The molecule has 0 saturated carbocycles. The Labute approximate surface area is 217 Å². The van der Waals surface area contributed by atoms with Gasteiger partial charge in [0.15, 0.2) is 10.9 Å². The molecular formula is C23H21ClF4N4O4S. The Hall–Kier alpha value is -3.29. The maximum atomic E-state index is 14.2. The third kappa shape index (κ3) is 7.84. The number of hydrogen-bond acceptors (Lipinski definition) is 7. The Kier molecular flexibility index (Phi) is 9.05. The lowest BCUT2D eigenvalue weighted by molar-refractivity contribution is -0.192. The van der Waals surface area contributed by atoms with Crippen molar-refractivity contribution in [3.8, 4) is 0 Å². The fourth-order valence-corrected chi connectivity index (χ4v) is 4.23. The number of aliphatic hydroxyl groups is 1. The number of amides is 1. The van der Waals surface area contributed by atoms with Crippen LogP contribution in [0.2, 0.25) is 5.02 Å². The highest BCUT2D eigenvalue weighted by Gasteiger charge is 2.38. The van der Waals surface area contributed by atoms with E-state index in [0.717, 1.165) is 10.8 Å². The molecule has 198 valence electrons. The zero-order valence-corrected chi connectivity index (χ0v) is 20.6. The normalized spacial score (nSPS) is 14.9. The molecule has 0 radical (unpaired) electrons. The van der Waals surface area contributed by atoms with E-state index in [1.165, 1.54) is 23.5 Å². The summed E-state index contributed by atoms with van der Waals surface area (Å²) in [4.78, 5) is 31.8. The first-order valence-corrected chi connectivity index (χ1v) is 12.0. The van der Waals surface area contributed by atoms with Crippen LogP contribution in [0, 0.1) is 5.82 Å². The molecule has 1 aliphatic heterocycles. The number of aromatic nitrogens is 2. The van der Waals surface area contributed by atoms with Crippen LogP contribution in [0.1, 0.15) is 28.9 Å². The number of alkyl halides is 3. The van der Waals surface area contributed by atoms with Crippen LogP contribution in [-0.2, 0) is 11.2 Å². The van der Waals surface area contributed by atoms with Crippen LogP contribution < -0.4 is 5.32 Å². The Balaban J connectivity index is 0.000000479. The lowest BCUT2D eigenvalue weighted by atomic mass is 9.86. The number of halogens is 5. The molecule has 0 aliphatic carbocycles. The van der Waals surface area contributed by atoms with E-state index in [1.54, 1.807) is 17.2 Å². The summed E-state index contributed by atoms with van der Waals surface area (Å²) in [5.74, 6) is -3.22. The fourth-order valence-electron chi connectivity index (χ4n) is 3.52. The van der Waals surface area contributed by atoms with Gasteiger partial charge in [0.05, 0.1) is 16.2 Å². The number of piperidine rings is 1. The van der Waals surface area contributed by atoms with Gasteiger partial charge >= 0.3 is 12.1 Å². The molecule has 0 unspecified atom stereocenters. The SMILES string of the molecule is O=C(O)C(F)(F)F.O=C(c1cccc(Cl)c1F)N1CCC(O)(Cc2cccc(Nc3nccs3)n2)CC1. The van der Waals surface area contributed by atoms with Gasteiger partial charge in [-0.25, -0.2) is 19.2 Å². The summed E-state index contributed by atoms with van der Waals surface area (Å²) in [6.07, 6.45) is -2.24. The molecule has 14 heteroatoms. The Morgan fingerprint density at radius 1 is 1.16 bits per heavy atom. The minimum atomic E-state index is -5.08. The number of carboxylic acid groups (broad SMARTS) is 1. The van der Waals surface area contributed by atoms with Crippen LogP contribution in [0.5, 0.6) is 0 Å². The van der Waals surface area contributed by atoms with Crippen molar-refractivity contribution in [1.29, 1.82) is 0 Å². The highest BCUT2D eigenvalue weighted by atomic mass is 35.5. The molecule has 0 spiro atoms. The summed E-state index contributed by atoms with van der Waals surface area (Å²) >= 11 is 7.27. The number of pyridine rings is 1. The van der Waals surface area contributed by atoms with E-state index in [2.05, 4.69) is 15.3 Å². The van der Waals surface area contributed by atoms with Crippen molar-refractivity contribution in [1.82, 2.24) is 14.9 Å². The van der Waals surface area contributed by atoms with Gasteiger partial charge in [-0.3, -0.25) is 4.79 Å². The molecule has 8 nitrogen and oxygen atoms in total. The minimum absolute atomic E-state index is 0.0458. The third-order valence-electron chi connectivity index (χ3n) is 5.39. The number of likely N-dealkylation sites (tertiary alicyclic amines) is 1. The molecule has 3 heterocycles. The van der Waals surface area contributed by atoms with Crippen molar-refractivity contribution in [3.05, 3.63) is 70.1 Å². The van der Waals surface area contributed by atoms with Crippen molar-refractivity contribution in [2.45, 2.75) is 31.0 Å². The Morgan fingerprint density at radius 2 is 1.81 bits per heavy atom. The third-order valence-corrected chi connectivity index (χ3v) is 6.37. The summed E-state index contributed by atoms with van der Waals surface area (Å²) in [6.45, 7) is 0.663. The summed E-state index contributed by atoms with van der Waals surface area (Å²) in [5.41, 5.74) is -0.272. The number of carbonyl (C=O) groups excluding carboxylic acids is 1. The van der Waals surface area contributed by atoms with Gasteiger partial charge in [0.2, 0.25) is 0 Å². The average Bonchev–Trinajstić information content (AvgIpc) is 3.34. The second-order valence-corrected chi connectivity index (χ2v) is 9.38. The summed E-state index contributed by atoms with van der Waals surface area (Å²) in [5, 5.41) is 23.8. The number of carbonyl (C=O) groups is 2. The first kappa shape index (κ1) is 28.3. The van der Waals surface area contributed by atoms with Crippen LogP contribution in [-0.4, -0.2) is 61.8 Å². The van der Waals surface area contributed by atoms with E-state index in [-0.39, 0.29) is 10.6 Å². The van der Waals surface area contributed by atoms with E-state index in [0.29, 0.717) is 38.2 Å². The molecule has 2 aromatic heterocycles. The zero-order valence-electron chi connectivity index (χ0n) is 19.0. The second kappa shape index (κ2) is 11.8. The number of carboxylic acids is 1. The van der Waals surface area contributed by atoms with E-state index < -0.39 is 29.5 Å². The zero-order chi connectivity index (χ0) is 27.2. The number of benzene rings is 1. The number of aliphatic carboxylic acids is 1. The van der Waals surface area contributed by atoms with Crippen LogP contribution in [0.4, 0.5) is 28.5 Å². The largest absolute Gasteiger partial charge is 0.490 e. The van der Waals surface area contributed by atoms with Crippen LogP contribution in [0.15, 0.2) is 48.0 Å². The second-order valence-electron chi connectivity index (χ2n) is 8.07. The first-order chi connectivity index (χ1) is 17.4. The highest BCUT2D eigenvalue weighted by Crippen LogP contribution is 2.28. The quantitative estimate of drug-likeness (QED) is 0.379. The maximum absolute atomic E-state index is 14.2. The summed E-state index contributed by atoms with van der Waals surface area (Å²) in [6, 6.07) is 9.97. The molecular weight excluding hydrogens is 540 g/mol. The molecule has 1 aliphatic rings. The molecule has 37 heavy (non-hydrogen) atoms. The molecule has 1 aromatic carbocycles. The number of nitrogens with one attached hydrogen (secondary N) is 1. The van der Waals surface area contributed by atoms with Gasteiger partial charge in [0.1, 0.15) is 5.82 Å². The van der Waals surface area contributed by atoms with E-state index in [4.69, 9.17) is 21.5 Å². The van der Waals surface area contributed by atoms with Crippen molar-refractivity contribution < 1.29 is 37.4 Å². The molecule has 3 N–H and O–H groups in total. The summed E-state index contributed by atoms with van der Waals surface area (Å²) < 4.78 is 45.9. The van der Waals surface area contributed by atoms with E-state index >= 15 is 0 Å². The molecule has 0 bridgehead atoms. The number of rotatable bonds is 5. The topological polar surface area (TPSA) is 116 Å². The standard InChI is InChI=1S/C21H20ClFN4O2S.C2HF3O2/c22-16-5-2-4-15(18(16)23)19(28)27-10-7-21(29,8-11-27)13-14-3-1-6-17(25-14)26-20-24-9-12-30-20;3-2(4,5)1(6)7/h1-6,9,12,29H,7-8,10-11,13H2,(H,24,25,26);(H,6,7). The van der Waals surface area contributed by atoms with Crippen LogP contribution >= 0.6 is 22.9 Å². The number of nitrogens with zero attached hydrogens (tertiary/aromatic N) is 3. The monoisotopic (exact) mass is 560 g/mol. The van der Waals surface area contributed by atoms with Crippen molar-refractivity contribution >= 4 is 45.8 Å². The van der Waals surface area contributed by atoms with Crippen LogP contribution in [0.25, 0.3) is 0 Å². The van der Waals surface area contributed by atoms with Gasteiger partial charge in [0.25, 0.3) is 5.91 Å². The predicted molar refractivity (Wildman–Crippen MR) is 129 cm³/mol. The van der Waals surface area contributed by atoms with Gasteiger partial charge in [-0.15, -0.1) is 11.3 Å². The molecule has 4 rings (SSSR count). The molecule has 1 amide bonds. The maximum Gasteiger partial charge on any atom is 0.490 e. The van der Waals surface area contributed by atoms with Gasteiger partial charge in [-0.1, -0.05) is 23.7 Å². The predicted octanol–water partition coefficient (Wildman–Crippen LogP) is 4.92.